The molecule has 0 saturated heterocycles. The highest BCUT2D eigenvalue weighted by Crippen LogP contribution is 2.36. The fourth-order valence-corrected chi connectivity index (χ4v) is 3.12. The summed E-state index contributed by atoms with van der Waals surface area (Å²) in [5, 5.41) is 5.04. The molecular formula is C20H20N8O4. The number of amides is 2. The molecule has 2 aromatic carbocycles. The van der Waals surface area contributed by atoms with Crippen LogP contribution in [0.4, 0.5) is 11.4 Å². The van der Waals surface area contributed by atoms with Gasteiger partial charge in [0.15, 0.2) is 23.5 Å². The fraction of sp³-hybridized carbons (Fsp3) is 0.100. The van der Waals surface area contributed by atoms with Crippen LogP contribution in [0, 0.1) is 0 Å². The molecule has 10 N–H and O–H groups in total. The van der Waals surface area contributed by atoms with Gasteiger partial charge in [0.2, 0.25) is 11.8 Å². The summed E-state index contributed by atoms with van der Waals surface area (Å²) in [6.45, 7) is -0.831. The number of rotatable bonds is 6. The molecule has 0 radical (unpaired) electrons. The van der Waals surface area contributed by atoms with Gasteiger partial charge in [-0.05, 0) is 12.1 Å². The molecule has 0 spiro atoms. The molecule has 0 fully saturated rings. The lowest BCUT2D eigenvalue weighted by atomic mass is 9.83. The number of aliphatic imine (C=N–C) groups is 2. The minimum absolute atomic E-state index is 0.0635. The van der Waals surface area contributed by atoms with E-state index in [1.54, 1.807) is 18.2 Å². The van der Waals surface area contributed by atoms with E-state index in [1.165, 1.54) is 18.2 Å². The molecule has 0 aliphatic heterocycles. The number of guanidine groups is 2. The fourth-order valence-electron chi connectivity index (χ4n) is 3.12. The zero-order valence-electron chi connectivity index (χ0n) is 16.7. The molecule has 1 aliphatic rings. The molecular weight excluding hydrogens is 416 g/mol. The topological polar surface area (TPSA) is 221 Å². The van der Waals surface area contributed by atoms with E-state index in [0.717, 1.165) is 0 Å². The van der Waals surface area contributed by atoms with E-state index in [9.17, 15) is 19.2 Å². The van der Waals surface area contributed by atoms with Crippen molar-refractivity contribution in [3.63, 3.8) is 0 Å². The van der Waals surface area contributed by atoms with Crippen LogP contribution in [-0.4, -0.2) is 48.4 Å². The number of nitrogens with zero attached hydrogens (tertiary/aromatic N) is 2. The monoisotopic (exact) mass is 436 g/mol. The Balaban J connectivity index is 2.08. The van der Waals surface area contributed by atoms with Crippen LogP contribution >= 0.6 is 0 Å². The van der Waals surface area contributed by atoms with Gasteiger partial charge >= 0.3 is 0 Å². The number of carbonyl (C=O) groups excluding carboxylic acids is 4. The first-order chi connectivity index (χ1) is 15.2. The van der Waals surface area contributed by atoms with Crippen molar-refractivity contribution in [1.82, 2.24) is 0 Å². The van der Waals surface area contributed by atoms with E-state index in [0.29, 0.717) is 0 Å². The minimum atomic E-state index is -0.675. The third-order valence-corrected chi connectivity index (χ3v) is 4.44. The molecule has 32 heavy (non-hydrogen) atoms. The van der Waals surface area contributed by atoms with Crippen molar-refractivity contribution in [3.05, 3.63) is 58.7 Å². The van der Waals surface area contributed by atoms with E-state index in [2.05, 4.69) is 20.6 Å². The number of fused-ring (bicyclic) bond motifs is 2. The van der Waals surface area contributed by atoms with Gasteiger partial charge in [0, 0.05) is 16.7 Å². The number of nitrogens with one attached hydrogen (secondary N) is 2. The van der Waals surface area contributed by atoms with Crippen molar-refractivity contribution in [2.75, 3.05) is 23.7 Å². The second kappa shape index (κ2) is 8.95. The molecule has 0 atom stereocenters. The highest BCUT2D eigenvalue weighted by Gasteiger charge is 2.33. The lowest BCUT2D eigenvalue weighted by Crippen LogP contribution is -2.28. The Morgan fingerprint density at radius 1 is 0.719 bits per heavy atom. The third-order valence-electron chi connectivity index (χ3n) is 4.44. The third kappa shape index (κ3) is 4.53. The maximum absolute atomic E-state index is 13.2. The first kappa shape index (κ1) is 22.0. The predicted octanol–water partition coefficient (Wildman–Crippen LogP) is -1.11. The van der Waals surface area contributed by atoms with E-state index in [-0.39, 0.29) is 45.5 Å². The molecule has 1 aliphatic carbocycles. The number of carbonyl (C=O) groups is 4. The lowest BCUT2D eigenvalue weighted by molar-refractivity contribution is -0.115. The van der Waals surface area contributed by atoms with Crippen LogP contribution in [0.15, 0.2) is 46.4 Å². The molecule has 12 heteroatoms. The van der Waals surface area contributed by atoms with E-state index in [1.807, 2.05) is 0 Å². The summed E-state index contributed by atoms with van der Waals surface area (Å²) < 4.78 is 0. The van der Waals surface area contributed by atoms with Crippen LogP contribution < -0.4 is 33.6 Å². The summed E-state index contributed by atoms with van der Waals surface area (Å²) in [4.78, 5) is 58.1. The van der Waals surface area contributed by atoms with Crippen molar-refractivity contribution >= 4 is 46.7 Å². The number of ketones is 2. The van der Waals surface area contributed by atoms with Crippen LogP contribution in [0.2, 0.25) is 0 Å². The second-order valence-corrected chi connectivity index (χ2v) is 6.69. The Labute approximate surface area is 181 Å². The molecule has 0 heterocycles. The molecule has 3 rings (SSSR count). The van der Waals surface area contributed by atoms with Crippen molar-refractivity contribution < 1.29 is 19.2 Å². The van der Waals surface area contributed by atoms with Crippen LogP contribution in [0.3, 0.4) is 0 Å². The van der Waals surface area contributed by atoms with Gasteiger partial charge in [-0.2, -0.15) is 0 Å². The average molecular weight is 436 g/mol. The Hall–Kier alpha value is -4.74. The Bertz CT molecular complexity index is 1190. The van der Waals surface area contributed by atoms with E-state index >= 15 is 0 Å². The van der Waals surface area contributed by atoms with Crippen LogP contribution in [-0.2, 0) is 9.59 Å². The van der Waals surface area contributed by atoms with E-state index < -0.39 is 36.5 Å². The molecule has 0 aromatic heterocycles. The van der Waals surface area contributed by atoms with Crippen LogP contribution in [0.1, 0.15) is 31.8 Å². The second-order valence-electron chi connectivity index (χ2n) is 6.69. The Kier molecular flexibility index (Phi) is 6.14. The highest BCUT2D eigenvalue weighted by molar-refractivity contribution is 6.31. The van der Waals surface area contributed by atoms with Crippen molar-refractivity contribution in [3.8, 4) is 0 Å². The Morgan fingerprint density at radius 2 is 1.25 bits per heavy atom. The van der Waals surface area contributed by atoms with Crippen molar-refractivity contribution in [2.45, 2.75) is 0 Å². The van der Waals surface area contributed by atoms with Crippen molar-refractivity contribution in [2.24, 2.45) is 32.9 Å². The maximum atomic E-state index is 13.2. The van der Waals surface area contributed by atoms with Gasteiger partial charge in [-0.1, -0.05) is 24.3 Å². The smallest absolute Gasteiger partial charge is 0.246 e. The van der Waals surface area contributed by atoms with Gasteiger partial charge in [-0.3, -0.25) is 19.2 Å². The first-order valence-corrected chi connectivity index (χ1v) is 9.25. The number of benzene rings is 2. The van der Waals surface area contributed by atoms with Crippen LogP contribution in [0.5, 0.6) is 0 Å². The van der Waals surface area contributed by atoms with Gasteiger partial charge in [0.1, 0.15) is 13.1 Å². The molecule has 164 valence electrons. The van der Waals surface area contributed by atoms with Crippen molar-refractivity contribution in [1.29, 1.82) is 0 Å². The van der Waals surface area contributed by atoms with Gasteiger partial charge in [-0.25, -0.2) is 9.98 Å². The number of nitrogens with two attached hydrogens (primary N) is 4. The molecule has 0 saturated carbocycles. The standard InChI is InChI=1S/C20H20N8O4/c21-19(22)25-7-13(29)27-12-6-5-11-15(16(12)28-14(30)8-26-20(23)24)18(32)10-4-2-1-3-9(10)17(11)31/h1-6H,7-8H2,(H,27,29)(H,28,30)(H4,21,22,25)(H4,23,24,26). The lowest BCUT2D eigenvalue weighted by Gasteiger charge is -2.22. The molecule has 2 amide bonds. The largest absolute Gasteiger partial charge is 0.370 e. The summed E-state index contributed by atoms with van der Waals surface area (Å²) in [7, 11) is 0. The summed E-state index contributed by atoms with van der Waals surface area (Å²) >= 11 is 0. The molecule has 0 unspecified atom stereocenters. The molecule has 2 aromatic rings. The number of hydrogen-bond acceptors (Lipinski definition) is 6. The summed E-state index contributed by atoms with van der Waals surface area (Å²) in [6.07, 6.45) is 0. The SMILES string of the molecule is NC(N)=NCC(=O)Nc1ccc2c(c1NC(=O)CN=C(N)N)C(=O)c1ccccc1C2=O. The van der Waals surface area contributed by atoms with Crippen LogP contribution in [0.25, 0.3) is 0 Å². The quantitative estimate of drug-likeness (QED) is 0.205. The maximum Gasteiger partial charge on any atom is 0.246 e. The molecule has 12 nitrogen and oxygen atoms in total. The average Bonchev–Trinajstić information content (AvgIpc) is 2.75. The summed E-state index contributed by atoms with van der Waals surface area (Å²) in [5.74, 6) is -2.77. The Morgan fingerprint density at radius 3 is 1.81 bits per heavy atom. The van der Waals surface area contributed by atoms with Gasteiger partial charge in [0.05, 0.1) is 16.9 Å². The van der Waals surface area contributed by atoms with E-state index in [4.69, 9.17) is 22.9 Å². The minimum Gasteiger partial charge on any atom is -0.370 e. The normalized spacial score (nSPS) is 11.6. The first-order valence-electron chi connectivity index (χ1n) is 9.25. The summed E-state index contributed by atoms with van der Waals surface area (Å²) in [5.41, 5.74) is 21.4. The van der Waals surface area contributed by atoms with Gasteiger partial charge in [-0.15, -0.1) is 0 Å². The van der Waals surface area contributed by atoms with Gasteiger partial charge in [0.25, 0.3) is 0 Å². The molecule has 0 bridgehead atoms. The zero-order chi connectivity index (χ0) is 23.4. The van der Waals surface area contributed by atoms with Gasteiger partial charge < -0.3 is 33.6 Å². The highest BCUT2D eigenvalue weighted by atomic mass is 16.2. The zero-order valence-corrected chi connectivity index (χ0v) is 16.7. The summed E-state index contributed by atoms with van der Waals surface area (Å²) in [6, 6.07) is 9.10. The number of anilines is 2. The number of hydrogen-bond donors (Lipinski definition) is 6. The predicted molar refractivity (Wildman–Crippen MR) is 118 cm³/mol.